The van der Waals surface area contributed by atoms with Gasteiger partial charge in [0.1, 0.15) is 21.7 Å². The molecule has 0 fully saturated rings. The maximum absolute atomic E-state index is 13.2. The quantitative estimate of drug-likeness (QED) is 0.127. The maximum Gasteiger partial charge on any atom is 0.351 e. The number of carbonyl (C=O) groups excluding carboxylic acids is 1. The number of benzene rings is 3. The van der Waals surface area contributed by atoms with E-state index in [-0.39, 0.29) is 54.3 Å². The number of para-hydroxylation sites is 1. The van der Waals surface area contributed by atoms with E-state index in [1.807, 2.05) is 30.3 Å². The molecule has 3 aromatic carbocycles. The second-order valence-electron chi connectivity index (χ2n) is 19.2. The molecular formula is C50H61N3O6S. The minimum absolute atomic E-state index is 0. The van der Waals surface area contributed by atoms with Crippen LogP contribution < -0.4 is 21.1 Å². The minimum atomic E-state index is -0.625. The van der Waals surface area contributed by atoms with Crippen molar-refractivity contribution in [3.05, 3.63) is 97.2 Å². The molecule has 318 valence electrons. The van der Waals surface area contributed by atoms with Crippen LogP contribution in [0.3, 0.4) is 0 Å². The molecule has 0 unspecified atom stereocenters. The Morgan fingerprint density at radius 2 is 1.18 bits per heavy atom. The number of fused-ring (bicyclic) bond motifs is 5. The summed E-state index contributed by atoms with van der Waals surface area (Å²) in [7, 11) is 0. The lowest BCUT2D eigenvalue weighted by Gasteiger charge is -2.48. The first-order chi connectivity index (χ1) is 27.4. The lowest BCUT2D eigenvalue weighted by atomic mass is 9.69. The van der Waals surface area contributed by atoms with Gasteiger partial charge in [-0.2, -0.15) is 0 Å². The summed E-state index contributed by atoms with van der Waals surface area (Å²) in [5, 5.41) is 2.53. The Labute approximate surface area is 357 Å². The van der Waals surface area contributed by atoms with Gasteiger partial charge in [-0.1, -0.05) is 82.4 Å². The Morgan fingerprint density at radius 1 is 0.700 bits per heavy atom. The molecule has 10 heteroatoms. The molecule has 4 aliphatic rings. The van der Waals surface area contributed by atoms with Crippen molar-refractivity contribution in [3.63, 3.8) is 0 Å². The molecule has 60 heavy (non-hydrogen) atoms. The van der Waals surface area contributed by atoms with Crippen LogP contribution in [0.1, 0.15) is 135 Å². The highest BCUT2D eigenvalue weighted by Crippen LogP contribution is 2.53. The van der Waals surface area contributed by atoms with Gasteiger partial charge in [0.15, 0.2) is 0 Å². The topological polar surface area (TPSA) is 106 Å². The van der Waals surface area contributed by atoms with E-state index in [9.17, 15) is 14.4 Å². The molecule has 9 nitrogen and oxygen atoms in total. The molecule has 0 amide bonds. The van der Waals surface area contributed by atoms with E-state index in [4.69, 9.17) is 18.6 Å². The normalized spacial score (nSPS) is 18.7. The third-order valence-corrected chi connectivity index (χ3v) is 14.6. The molecular weight excluding hydrogens is 771 g/mol. The summed E-state index contributed by atoms with van der Waals surface area (Å²) in [4.78, 5) is 47.5. The van der Waals surface area contributed by atoms with Gasteiger partial charge < -0.3 is 23.4 Å². The van der Waals surface area contributed by atoms with Crippen LogP contribution >= 0.6 is 11.3 Å². The minimum Gasteiger partial charge on any atom is -0.462 e. The number of nitrogens with zero attached hydrogens (tertiary/aromatic N) is 3. The lowest BCUT2D eigenvalue weighted by Crippen LogP contribution is -2.44. The molecule has 0 saturated carbocycles. The second kappa shape index (κ2) is 14.9. The molecule has 0 spiro atoms. The first-order valence-electron chi connectivity index (χ1n) is 20.7. The van der Waals surface area contributed by atoms with Crippen molar-refractivity contribution in [1.82, 2.24) is 4.98 Å². The summed E-state index contributed by atoms with van der Waals surface area (Å²) in [6.07, 6.45) is 4.27. The van der Waals surface area contributed by atoms with Crippen LogP contribution in [0, 0.1) is 0 Å². The van der Waals surface area contributed by atoms with Crippen LogP contribution in [-0.2, 0) is 26.4 Å². The molecule has 0 atom stereocenters. The molecule has 0 N–H and O–H groups in total. The number of hydrogen-bond acceptors (Lipinski definition) is 10. The van der Waals surface area contributed by atoms with Gasteiger partial charge in [-0.3, -0.25) is 0 Å². The van der Waals surface area contributed by atoms with Crippen molar-refractivity contribution >= 4 is 60.8 Å². The van der Waals surface area contributed by atoms with E-state index < -0.39 is 11.6 Å². The Morgan fingerprint density at radius 3 is 1.70 bits per heavy atom. The first-order valence-corrected chi connectivity index (χ1v) is 21.6. The van der Waals surface area contributed by atoms with E-state index in [1.54, 1.807) is 24.3 Å². The zero-order chi connectivity index (χ0) is 41.1. The van der Waals surface area contributed by atoms with Crippen molar-refractivity contribution in [2.45, 2.75) is 125 Å². The highest BCUT2D eigenvalue weighted by molar-refractivity contribution is 7.21. The van der Waals surface area contributed by atoms with Gasteiger partial charge >= 0.3 is 17.2 Å². The van der Waals surface area contributed by atoms with Gasteiger partial charge in [0.2, 0.25) is 0 Å². The van der Waals surface area contributed by atoms with Gasteiger partial charge in [-0.15, -0.1) is 11.3 Å². The zero-order valence-electron chi connectivity index (χ0n) is 35.2. The number of ether oxygens (including phenoxy) is 1. The van der Waals surface area contributed by atoms with Crippen LogP contribution in [0.4, 0.5) is 11.4 Å². The fourth-order valence-electron chi connectivity index (χ4n) is 9.79. The smallest absolute Gasteiger partial charge is 0.351 e. The van der Waals surface area contributed by atoms with Crippen LogP contribution in [0.25, 0.3) is 42.7 Å². The average molecular weight is 832 g/mol. The SMILES string of the molecule is C.C.CC1(C)CCN2CCC(C)(C)c3c2c1cc1cc(-c2nc4ccccc4s2)c(=O)oc31.CCOC(=O)c1cc2cc3c4c(c2oc1=O)C(C)(C)CCN4CCC3(C)C. The van der Waals surface area contributed by atoms with Crippen molar-refractivity contribution < 1.29 is 18.4 Å². The summed E-state index contributed by atoms with van der Waals surface area (Å²) in [6.45, 7) is 24.3. The summed E-state index contributed by atoms with van der Waals surface area (Å²) >= 11 is 1.54. The monoisotopic (exact) mass is 831 g/mol. The Kier molecular flexibility index (Phi) is 10.7. The second-order valence-corrected chi connectivity index (χ2v) is 20.3. The molecule has 4 aliphatic heterocycles. The highest BCUT2D eigenvalue weighted by atomic mass is 32.1. The van der Waals surface area contributed by atoms with Gasteiger partial charge in [-0.25, -0.2) is 19.4 Å². The van der Waals surface area contributed by atoms with Crippen LogP contribution in [0.15, 0.2) is 67.0 Å². The van der Waals surface area contributed by atoms with Crippen molar-refractivity contribution in [2.75, 3.05) is 42.6 Å². The van der Waals surface area contributed by atoms with Gasteiger partial charge in [0, 0.05) is 59.5 Å². The molecule has 6 aromatic rings. The van der Waals surface area contributed by atoms with Crippen LogP contribution in [0.2, 0.25) is 0 Å². The largest absolute Gasteiger partial charge is 0.462 e. The van der Waals surface area contributed by atoms with Gasteiger partial charge in [0.25, 0.3) is 0 Å². The standard InChI is InChI=1S/C26H26N2O2S.C22H27NO4.2CH4/c1-25(2)9-11-28-12-10-26(3,4)20-21(28)17(25)14-15-13-16(24(29)30-22(15)20)23-27-18-7-5-6-8-19(18)31-23;1-6-26-19(24)14-11-13-12-15-17-16(18(13)27-20(14)25)22(4,5)8-10-23(17)9-7-21(15,2)3;;/h5-8,13-14H,9-12H2,1-4H3;11-12H,6-10H2,1-5H3;2*1H4. The number of hydrogen-bond donors (Lipinski definition) is 0. The predicted molar refractivity (Wildman–Crippen MR) is 248 cm³/mol. The third kappa shape index (κ3) is 6.83. The number of rotatable bonds is 3. The summed E-state index contributed by atoms with van der Waals surface area (Å²) < 4.78 is 18.0. The lowest BCUT2D eigenvalue weighted by molar-refractivity contribution is 0.0521. The number of carbonyl (C=O) groups is 1. The number of thiazole rings is 1. The summed E-state index contributed by atoms with van der Waals surface area (Å²) in [5.41, 5.74) is 9.33. The molecule has 7 heterocycles. The zero-order valence-corrected chi connectivity index (χ0v) is 36.0. The van der Waals surface area contributed by atoms with Crippen molar-refractivity contribution in [1.29, 1.82) is 0 Å². The van der Waals surface area contributed by atoms with Crippen LogP contribution in [-0.4, -0.2) is 43.7 Å². The fourth-order valence-corrected chi connectivity index (χ4v) is 10.8. The van der Waals surface area contributed by atoms with E-state index >= 15 is 0 Å². The molecule has 3 aromatic heterocycles. The van der Waals surface area contributed by atoms with Gasteiger partial charge in [0.05, 0.1) is 22.4 Å². The van der Waals surface area contributed by atoms with Crippen molar-refractivity contribution in [2.24, 2.45) is 0 Å². The number of anilines is 2. The Balaban J connectivity index is 0.000000177. The summed E-state index contributed by atoms with van der Waals surface area (Å²) in [5.74, 6) is -0.625. The Bertz CT molecular complexity index is 2770. The average Bonchev–Trinajstić information content (AvgIpc) is 3.60. The van der Waals surface area contributed by atoms with E-state index in [0.717, 1.165) is 89.0 Å². The number of esters is 1. The molecule has 0 radical (unpaired) electrons. The predicted octanol–water partition coefficient (Wildman–Crippen LogP) is 11.6. The maximum atomic E-state index is 13.2. The molecule has 0 bridgehead atoms. The molecule has 10 rings (SSSR count). The number of aromatic nitrogens is 1. The summed E-state index contributed by atoms with van der Waals surface area (Å²) in [6, 6.07) is 16.0. The van der Waals surface area contributed by atoms with E-state index in [1.165, 1.54) is 28.1 Å². The van der Waals surface area contributed by atoms with Crippen molar-refractivity contribution in [3.8, 4) is 10.6 Å². The first kappa shape index (κ1) is 43.1. The third-order valence-electron chi connectivity index (χ3n) is 13.5. The Hall–Kier alpha value is -4.96. The fraction of sp³-hybridized carbons (Fsp3) is 0.480. The highest BCUT2D eigenvalue weighted by Gasteiger charge is 2.43. The molecule has 0 aliphatic carbocycles. The van der Waals surface area contributed by atoms with E-state index in [2.05, 4.69) is 77.3 Å². The van der Waals surface area contributed by atoms with Gasteiger partial charge in [-0.05, 0) is 102 Å². The van der Waals surface area contributed by atoms with Crippen LogP contribution in [0.5, 0.6) is 0 Å². The molecule has 0 saturated heterocycles. The van der Waals surface area contributed by atoms with E-state index in [0.29, 0.717) is 11.1 Å².